The van der Waals surface area contributed by atoms with E-state index in [2.05, 4.69) is 5.32 Å². The largest absolute Gasteiger partial charge is 0.328 e. The van der Waals surface area contributed by atoms with Crippen LogP contribution in [-0.2, 0) is 9.59 Å². The first-order valence-corrected chi connectivity index (χ1v) is 11.4. The van der Waals surface area contributed by atoms with Crippen molar-refractivity contribution >= 4 is 35.0 Å². The lowest BCUT2D eigenvalue weighted by Crippen LogP contribution is -2.45. The van der Waals surface area contributed by atoms with Gasteiger partial charge in [0.05, 0.1) is 16.1 Å². The number of hydrogen-bond acceptors (Lipinski definition) is 6. The zero-order valence-electron chi connectivity index (χ0n) is 20.4. The second-order valence-corrected chi connectivity index (χ2v) is 8.75. The van der Waals surface area contributed by atoms with Crippen LogP contribution in [0, 0.1) is 24.0 Å². The van der Waals surface area contributed by atoms with Crippen LogP contribution in [0.3, 0.4) is 0 Å². The molecule has 1 heterocycles. The van der Waals surface area contributed by atoms with Crippen molar-refractivity contribution in [2.75, 3.05) is 18.9 Å². The van der Waals surface area contributed by atoms with E-state index in [-0.39, 0.29) is 16.8 Å². The molecule has 3 aromatic rings. The summed E-state index contributed by atoms with van der Waals surface area (Å²) in [6.07, 6.45) is 0. The predicted octanol–water partition coefficient (Wildman–Crippen LogP) is 3.65. The molecule has 1 aliphatic rings. The number of non-ortho nitro benzene ring substituents is 1. The van der Waals surface area contributed by atoms with Crippen molar-refractivity contribution in [2.24, 2.45) is 0 Å². The second-order valence-electron chi connectivity index (χ2n) is 8.75. The third kappa shape index (κ3) is 4.81. The smallest absolute Gasteiger partial charge is 0.269 e. The van der Waals surface area contributed by atoms with Gasteiger partial charge in [0.1, 0.15) is 12.6 Å². The van der Waals surface area contributed by atoms with E-state index in [1.165, 1.54) is 43.4 Å². The molecular formula is C27H24N4O6. The highest BCUT2D eigenvalue weighted by Gasteiger charge is 2.38. The summed E-state index contributed by atoms with van der Waals surface area (Å²) in [7, 11) is 1.39. The molecule has 0 aromatic heterocycles. The van der Waals surface area contributed by atoms with Crippen molar-refractivity contribution in [3.63, 3.8) is 0 Å². The van der Waals surface area contributed by atoms with Crippen LogP contribution in [0.2, 0.25) is 0 Å². The van der Waals surface area contributed by atoms with E-state index < -0.39 is 41.1 Å². The maximum absolute atomic E-state index is 13.5. The Morgan fingerprint density at radius 1 is 0.919 bits per heavy atom. The van der Waals surface area contributed by atoms with Gasteiger partial charge in [-0.1, -0.05) is 30.3 Å². The van der Waals surface area contributed by atoms with E-state index in [0.717, 1.165) is 20.9 Å². The first-order chi connectivity index (χ1) is 17.6. The number of likely N-dealkylation sites (N-methyl/N-ethyl adjacent to an activating group) is 1. The molecule has 1 unspecified atom stereocenters. The van der Waals surface area contributed by atoms with Crippen LogP contribution in [0.4, 0.5) is 11.4 Å². The quantitative estimate of drug-likeness (QED) is 0.299. The molecular weight excluding hydrogens is 476 g/mol. The number of nitrogens with one attached hydrogen (secondary N) is 1. The molecule has 188 valence electrons. The number of hydrogen-bond donors (Lipinski definition) is 1. The number of rotatable bonds is 7. The Balaban J connectivity index is 1.64. The van der Waals surface area contributed by atoms with Gasteiger partial charge in [0.2, 0.25) is 5.91 Å². The van der Waals surface area contributed by atoms with Gasteiger partial charge in [0.15, 0.2) is 0 Å². The number of anilines is 1. The SMILES string of the molecule is Cc1cccc(C)c1NC(=O)C(c1ccc([N+](=O)[O-])cc1)N(C)C(=O)CN1C(=O)c2ccccc2C1=O. The third-order valence-corrected chi connectivity index (χ3v) is 6.35. The Morgan fingerprint density at radius 2 is 1.46 bits per heavy atom. The molecule has 0 spiro atoms. The molecule has 1 aliphatic heterocycles. The Labute approximate surface area is 212 Å². The first kappa shape index (κ1) is 25.2. The lowest BCUT2D eigenvalue weighted by molar-refractivity contribution is -0.384. The van der Waals surface area contributed by atoms with Crippen LogP contribution in [0.5, 0.6) is 0 Å². The molecule has 4 rings (SSSR count). The van der Waals surface area contributed by atoms with Gasteiger partial charge in [-0.3, -0.25) is 34.2 Å². The summed E-state index contributed by atoms with van der Waals surface area (Å²) in [6, 6.07) is 15.9. The van der Waals surface area contributed by atoms with Crippen molar-refractivity contribution in [1.29, 1.82) is 0 Å². The summed E-state index contributed by atoms with van der Waals surface area (Å²) < 4.78 is 0. The number of imide groups is 1. The van der Waals surface area contributed by atoms with Crippen molar-refractivity contribution in [3.05, 3.63) is 105 Å². The van der Waals surface area contributed by atoms with Gasteiger partial charge in [-0.15, -0.1) is 0 Å². The van der Waals surface area contributed by atoms with Crippen LogP contribution < -0.4 is 5.32 Å². The van der Waals surface area contributed by atoms with Crippen LogP contribution in [0.15, 0.2) is 66.7 Å². The summed E-state index contributed by atoms with van der Waals surface area (Å²) in [6.45, 7) is 3.10. The summed E-state index contributed by atoms with van der Waals surface area (Å²) in [5.74, 6) is -2.39. The van der Waals surface area contributed by atoms with Gasteiger partial charge < -0.3 is 10.2 Å². The van der Waals surface area contributed by atoms with E-state index in [9.17, 15) is 29.3 Å². The topological polar surface area (TPSA) is 130 Å². The minimum absolute atomic E-state index is 0.169. The fourth-order valence-corrected chi connectivity index (χ4v) is 4.31. The Kier molecular flexibility index (Phi) is 6.83. The average Bonchev–Trinajstić information content (AvgIpc) is 3.11. The van der Waals surface area contributed by atoms with Gasteiger partial charge in [-0.2, -0.15) is 0 Å². The maximum Gasteiger partial charge on any atom is 0.269 e. The first-order valence-electron chi connectivity index (χ1n) is 11.4. The molecule has 1 atom stereocenters. The maximum atomic E-state index is 13.5. The van der Waals surface area contributed by atoms with Crippen molar-refractivity contribution in [3.8, 4) is 0 Å². The Hall–Kier alpha value is -4.86. The number of para-hydroxylation sites is 1. The third-order valence-electron chi connectivity index (χ3n) is 6.35. The van der Waals surface area contributed by atoms with E-state index in [1.54, 1.807) is 12.1 Å². The standard InChI is InChI=1S/C27H24N4O6/c1-16-7-6-8-17(2)23(16)28-25(33)24(18-11-13-19(14-12-18)31(36)37)29(3)22(32)15-30-26(34)20-9-4-5-10-21(20)27(30)35/h4-14,24H,15H2,1-3H3,(H,28,33). The summed E-state index contributed by atoms with van der Waals surface area (Å²) >= 11 is 0. The minimum Gasteiger partial charge on any atom is -0.328 e. The van der Waals surface area contributed by atoms with Gasteiger partial charge in [-0.25, -0.2) is 0 Å². The number of nitrogens with zero attached hydrogens (tertiary/aromatic N) is 3. The van der Waals surface area contributed by atoms with Crippen LogP contribution in [0.25, 0.3) is 0 Å². The summed E-state index contributed by atoms with van der Waals surface area (Å²) in [5.41, 5.74) is 2.79. The van der Waals surface area contributed by atoms with E-state index in [1.807, 2.05) is 32.0 Å². The molecule has 0 radical (unpaired) electrons. The average molecular weight is 501 g/mol. The summed E-state index contributed by atoms with van der Waals surface area (Å²) in [4.78, 5) is 64.9. The fourth-order valence-electron chi connectivity index (χ4n) is 4.31. The Morgan fingerprint density at radius 3 is 1.97 bits per heavy atom. The molecule has 0 saturated heterocycles. The number of amides is 4. The highest BCUT2D eigenvalue weighted by Crippen LogP contribution is 2.28. The lowest BCUT2D eigenvalue weighted by atomic mass is 10.0. The zero-order chi connectivity index (χ0) is 26.9. The van der Waals surface area contributed by atoms with Crippen LogP contribution in [-0.4, -0.2) is 51.9 Å². The highest BCUT2D eigenvalue weighted by atomic mass is 16.6. The van der Waals surface area contributed by atoms with E-state index in [0.29, 0.717) is 11.3 Å². The van der Waals surface area contributed by atoms with Crippen LogP contribution in [0.1, 0.15) is 43.4 Å². The number of nitro benzene ring substituents is 1. The predicted molar refractivity (Wildman–Crippen MR) is 135 cm³/mol. The highest BCUT2D eigenvalue weighted by molar-refractivity contribution is 6.22. The lowest BCUT2D eigenvalue weighted by Gasteiger charge is -2.29. The molecule has 0 fully saturated rings. The monoisotopic (exact) mass is 500 g/mol. The molecule has 0 aliphatic carbocycles. The number of fused-ring (bicyclic) bond motifs is 1. The molecule has 3 aromatic carbocycles. The molecule has 0 saturated carbocycles. The molecule has 10 heteroatoms. The van der Waals surface area contributed by atoms with Gasteiger partial charge in [0, 0.05) is 24.9 Å². The molecule has 37 heavy (non-hydrogen) atoms. The van der Waals surface area contributed by atoms with E-state index >= 15 is 0 Å². The molecule has 10 nitrogen and oxygen atoms in total. The number of benzene rings is 3. The van der Waals surface area contributed by atoms with Gasteiger partial charge >= 0.3 is 0 Å². The minimum atomic E-state index is -1.19. The number of carbonyl (C=O) groups excluding carboxylic acids is 4. The van der Waals surface area contributed by atoms with Crippen LogP contribution >= 0.6 is 0 Å². The fraction of sp³-hybridized carbons (Fsp3) is 0.185. The Bertz CT molecular complexity index is 1380. The number of carbonyl (C=O) groups is 4. The summed E-state index contributed by atoms with van der Waals surface area (Å²) in [5, 5.41) is 14.0. The number of aryl methyl sites for hydroxylation is 2. The number of nitro groups is 1. The van der Waals surface area contributed by atoms with Crippen molar-refractivity contribution in [1.82, 2.24) is 9.80 Å². The van der Waals surface area contributed by atoms with Gasteiger partial charge in [0.25, 0.3) is 23.4 Å². The van der Waals surface area contributed by atoms with E-state index in [4.69, 9.17) is 0 Å². The second kappa shape index (κ2) is 10.0. The molecule has 4 amide bonds. The molecule has 1 N–H and O–H groups in total. The molecule has 0 bridgehead atoms. The van der Waals surface area contributed by atoms with Crippen molar-refractivity contribution in [2.45, 2.75) is 19.9 Å². The zero-order valence-corrected chi connectivity index (χ0v) is 20.4. The normalized spacial score (nSPS) is 13.2. The van der Waals surface area contributed by atoms with Gasteiger partial charge in [-0.05, 0) is 54.8 Å². The van der Waals surface area contributed by atoms with Crippen molar-refractivity contribution < 1.29 is 24.1 Å².